The van der Waals surface area contributed by atoms with Crippen molar-refractivity contribution in [2.24, 2.45) is 0 Å². The van der Waals surface area contributed by atoms with Gasteiger partial charge in [0.05, 0.1) is 13.2 Å². The van der Waals surface area contributed by atoms with Crippen LogP contribution >= 0.6 is 0 Å². The van der Waals surface area contributed by atoms with E-state index >= 15 is 0 Å². The number of piperazine rings is 1. The number of aryl methyl sites for hydroxylation is 1. The fourth-order valence-corrected chi connectivity index (χ4v) is 3.40. The van der Waals surface area contributed by atoms with Crippen LogP contribution in [-0.4, -0.2) is 73.8 Å². The average Bonchev–Trinajstić information content (AvgIpc) is 2.59. The second-order valence-corrected chi connectivity index (χ2v) is 7.39. The molecule has 146 valence electrons. The highest BCUT2D eigenvalue weighted by molar-refractivity contribution is 5.78. The highest BCUT2D eigenvalue weighted by Crippen LogP contribution is 2.28. The summed E-state index contributed by atoms with van der Waals surface area (Å²) in [6, 6.07) is 4.02. The minimum absolute atomic E-state index is 0.0493. The van der Waals surface area contributed by atoms with Crippen LogP contribution in [0.15, 0.2) is 12.1 Å². The Hall–Kier alpha value is -1.63. The first-order valence-corrected chi connectivity index (χ1v) is 9.43. The molecule has 2 rings (SSSR count). The van der Waals surface area contributed by atoms with E-state index in [1.807, 2.05) is 6.07 Å². The highest BCUT2D eigenvalue weighted by atomic mass is 16.5. The Bertz CT molecular complexity index is 596. The van der Waals surface area contributed by atoms with E-state index < -0.39 is 0 Å². The number of methoxy groups -OCH3 is 1. The number of hydrogen-bond donors (Lipinski definition) is 2. The topological polar surface area (TPSA) is 65.0 Å². The van der Waals surface area contributed by atoms with Gasteiger partial charge in [-0.2, -0.15) is 0 Å². The molecular formula is C20H33N3O3. The van der Waals surface area contributed by atoms with Gasteiger partial charge in [-0.05, 0) is 30.0 Å². The fraction of sp³-hybridized carbons (Fsp3) is 0.650. The number of carbonyl (C=O) groups is 1. The van der Waals surface area contributed by atoms with Crippen LogP contribution in [0.2, 0.25) is 0 Å². The van der Waals surface area contributed by atoms with Crippen molar-refractivity contribution in [1.82, 2.24) is 15.1 Å². The van der Waals surface area contributed by atoms with Crippen molar-refractivity contribution in [3.63, 3.8) is 0 Å². The normalized spacial score (nSPS) is 16.2. The number of benzene rings is 1. The lowest BCUT2D eigenvalue weighted by atomic mass is 9.95. The van der Waals surface area contributed by atoms with Crippen molar-refractivity contribution in [3.05, 3.63) is 28.8 Å². The Morgan fingerprint density at radius 2 is 1.88 bits per heavy atom. The molecule has 0 unspecified atom stereocenters. The molecule has 0 spiro atoms. The van der Waals surface area contributed by atoms with E-state index in [1.165, 1.54) is 5.56 Å². The number of nitrogens with zero attached hydrogens (tertiary/aromatic N) is 2. The molecule has 1 fully saturated rings. The van der Waals surface area contributed by atoms with E-state index in [2.05, 4.69) is 42.0 Å². The van der Waals surface area contributed by atoms with Crippen molar-refractivity contribution in [2.45, 2.75) is 33.2 Å². The van der Waals surface area contributed by atoms with E-state index in [1.54, 1.807) is 7.11 Å². The van der Waals surface area contributed by atoms with Gasteiger partial charge in [0.2, 0.25) is 5.91 Å². The summed E-state index contributed by atoms with van der Waals surface area (Å²) < 4.78 is 4.94. The molecule has 6 heteroatoms. The first-order chi connectivity index (χ1) is 12.4. The maximum Gasteiger partial charge on any atom is 0.234 e. The lowest BCUT2D eigenvalue weighted by molar-refractivity contribution is -0.122. The second-order valence-electron chi connectivity index (χ2n) is 7.39. The number of amides is 1. The molecule has 1 aromatic rings. The van der Waals surface area contributed by atoms with Gasteiger partial charge >= 0.3 is 0 Å². The van der Waals surface area contributed by atoms with Crippen LogP contribution in [0.1, 0.15) is 36.5 Å². The fourth-order valence-electron chi connectivity index (χ4n) is 3.40. The smallest absolute Gasteiger partial charge is 0.234 e. The zero-order valence-electron chi connectivity index (χ0n) is 16.5. The van der Waals surface area contributed by atoms with Gasteiger partial charge in [-0.15, -0.1) is 0 Å². The molecular weight excluding hydrogens is 330 g/mol. The van der Waals surface area contributed by atoms with Gasteiger partial charge in [-0.3, -0.25) is 14.6 Å². The van der Waals surface area contributed by atoms with Crippen LogP contribution in [0.25, 0.3) is 0 Å². The van der Waals surface area contributed by atoms with Gasteiger partial charge in [-0.1, -0.05) is 19.9 Å². The summed E-state index contributed by atoms with van der Waals surface area (Å²) >= 11 is 0. The van der Waals surface area contributed by atoms with E-state index in [0.29, 0.717) is 31.4 Å². The zero-order valence-corrected chi connectivity index (χ0v) is 16.5. The van der Waals surface area contributed by atoms with Crippen LogP contribution < -0.4 is 5.32 Å². The molecule has 0 aromatic heterocycles. The number of ether oxygens (including phenoxy) is 1. The highest BCUT2D eigenvalue weighted by Gasteiger charge is 2.20. The van der Waals surface area contributed by atoms with Crippen LogP contribution in [0, 0.1) is 6.92 Å². The molecule has 0 aliphatic carbocycles. The van der Waals surface area contributed by atoms with E-state index in [0.717, 1.165) is 43.9 Å². The lowest BCUT2D eigenvalue weighted by Crippen LogP contribution is -2.49. The molecule has 1 aromatic carbocycles. The molecule has 0 bridgehead atoms. The summed E-state index contributed by atoms with van der Waals surface area (Å²) in [6.07, 6.45) is 0. The maximum absolute atomic E-state index is 11.9. The Morgan fingerprint density at radius 1 is 1.23 bits per heavy atom. The third-order valence-electron chi connectivity index (χ3n) is 4.94. The van der Waals surface area contributed by atoms with E-state index in [9.17, 15) is 9.90 Å². The largest absolute Gasteiger partial charge is 0.508 e. The summed E-state index contributed by atoms with van der Waals surface area (Å²) in [5.41, 5.74) is 3.43. The summed E-state index contributed by atoms with van der Waals surface area (Å²) in [5.74, 6) is 0.878. The Labute approximate surface area is 157 Å². The van der Waals surface area contributed by atoms with Gasteiger partial charge in [0.25, 0.3) is 0 Å². The number of carbonyl (C=O) groups excluding carboxylic acids is 1. The number of hydrogen-bond acceptors (Lipinski definition) is 5. The molecule has 0 atom stereocenters. The number of aromatic hydroxyl groups is 1. The molecule has 1 aliphatic rings. The van der Waals surface area contributed by atoms with Crippen LogP contribution in [-0.2, 0) is 16.1 Å². The van der Waals surface area contributed by atoms with Crippen LogP contribution in [0.3, 0.4) is 0 Å². The Kier molecular flexibility index (Phi) is 7.87. The minimum atomic E-state index is 0.0493. The molecule has 1 saturated heterocycles. The minimum Gasteiger partial charge on any atom is -0.508 e. The molecule has 0 saturated carbocycles. The molecule has 26 heavy (non-hydrogen) atoms. The van der Waals surface area contributed by atoms with Crippen molar-refractivity contribution in [3.8, 4) is 5.75 Å². The predicted octanol–water partition coefficient (Wildman–Crippen LogP) is 1.70. The van der Waals surface area contributed by atoms with Gasteiger partial charge in [0.15, 0.2) is 0 Å². The van der Waals surface area contributed by atoms with Crippen LogP contribution in [0.4, 0.5) is 0 Å². The van der Waals surface area contributed by atoms with E-state index in [4.69, 9.17) is 4.74 Å². The van der Waals surface area contributed by atoms with Gasteiger partial charge < -0.3 is 15.2 Å². The first-order valence-electron chi connectivity index (χ1n) is 9.43. The molecule has 1 amide bonds. The lowest BCUT2D eigenvalue weighted by Gasteiger charge is -2.34. The number of rotatable bonds is 8. The Morgan fingerprint density at radius 3 is 2.50 bits per heavy atom. The maximum atomic E-state index is 11.9. The summed E-state index contributed by atoms with van der Waals surface area (Å²) in [6.45, 7) is 12.2. The SMILES string of the molecule is COCCNC(=O)CN1CCN(Cc2cc(C(C)C)c(C)cc2O)CC1. The summed E-state index contributed by atoms with van der Waals surface area (Å²) in [4.78, 5) is 16.4. The number of nitrogens with one attached hydrogen (secondary N) is 1. The number of phenolic OH excluding ortho intramolecular Hbond substituents is 1. The standard InChI is InChI=1S/C20H33N3O3/c1-15(2)18-12-17(19(24)11-16(18)3)13-22-6-8-23(9-7-22)14-20(25)21-5-10-26-4/h11-12,15,24H,5-10,13-14H2,1-4H3,(H,21,25). The average molecular weight is 364 g/mol. The zero-order chi connectivity index (χ0) is 19.1. The molecule has 1 aliphatic heterocycles. The Balaban J connectivity index is 1.83. The monoisotopic (exact) mass is 363 g/mol. The molecule has 1 heterocycles. The van der Waals surface area contributed by atoms with Gasteiger partial charge in [0.1, 0.15) is 5.75 Å². The summed E-state index contributed by atoms with van der Waals surface area (Å²) in [5, 5.41) is 13.2. The van der Waals surface area contributed by atoms with Crippen molar-refractivity contribution < 1.29 is 14.6 Å². The second kappa shape index (κ2) is 9.90. The van der Waals surface area contributed by atoms with Crippen molar-refractivity contribution >= 4 is 5.91 Å². The van der Waals surface area contributed by atoms with Gasteiger partial charge in [-0.25, -0.2) is 0 Å². The quantitative estimate of drug-likeness (QED) is 0.689. The summed E-state index contributed by atoms with van der Waals surface area (Å²) in [7, 11) is 1.63. The molecule has 2 N–H and O–H groups in total. The van der Waals surface area contributed by atoms with E-state index in [-0.39, 0.29) is 5.91 Å². The third-order valence-corrected chi connectivity index (χ3v) is 4.94. The van der Waals surface area contributed by atoms with Crippen molar-refractivity contribution in [2.75, 3.05) is 53.0 Å². The molecule has 6 nitrogen and oxygen atoms in total. The number of phenols is 1. The van der Waals surface area contributed by atoms with Crippen molar-refractivity contribution in [1.29, 1.82) is 0 Å². The predicted molar refractivity (Wildman–Crippen MR) is 104 cm³/mol. The van der Waals surface area contributed by atoms with Crippen LogP contribution in [0.5, 0.6) is 5.75 Å². The molecule has 0 radical (unpaired) electrons. The third kappa shape index (κ3) is 5.97. The van der Waals surface area contributed by atoms with Gasteiger partial charge in [0, 0.05) is 51.9 Å². The first kappa shape index (κ1) is 20.7.